The number of benzene rings is 1. The predicted octanol–water partition coefficient (Wildman–Crippen LogP) is 3.14. The molecule has 0 radical (unpaired) electrons. The number of hydrogen-bond acceptors (Lipinski definition) is 3. The summed E-state index contributed by atoms with van der Waals surface area (Å²) in [5.74, 6) is 0.725. The van der Waals surface area contributed by atoms with E-state index in [4.69, 9.17) is 11.6 Å². The van der Waals surface area contributed by atoms with Crippen LogP contribution in [-0.4, -0.2) is 40.7 Å². The fourth-order valence-corrected chi connectivity index (χ4v) is 4.24. The van der Waals surface area contributed by atoms with Crippen molar-refractivity contribution in [1.29, 1.82) is 0 Å². The van der Waals surface area contributed by atoms with Gasteiger partial charge in [-0.05, 0) is 42.4 Å². The van der Waals surface area contributed by atoms with Gasteiger partial charge in [0.25, 0.3) is 0 Å². The molecule has 1 saturated carbocycles. The van der Waals surface area contributed by atoms with Crippen LogP contribution in [0.3, 0.4) is 0 Å². The molecule has 23 heavy (non-hydrogen) atoms. The Bertz CT molecular complexity index is 588. The van der Waals surface area contributed by atoms with Gasteiger partial charge in [0, 0.05) is 23.9 Å². The summed E-state index contributed by atoms with van der Waals surface area (Å²) in [4.78, 5) is 25.5. The molecule has 0 aromatic heterocycles. The second kappa shape index (κ2) is 7.14. The Balaban J connectivity index is 1.48. The molecular weight excluding hydrogens is 334 g/mol. The van der Waals surface area contributed by atoms with E-state index >= 15 is 0 Å². The Kier molecular flexibility index (Phi) is 5.17. The highest BCUT2D eigenvalue weighted by Gasteiger charge is 2.46. The second-order valence-electron chi connectivity index (χ2n) is 6.36. The molecule has 2 aliphatic rings. The first kappa shape index (κ1) is 16.7. The lowest BCUT2D eigenvalue weighted by Crippen LogP contribution is -2.31. The minimum absolute atomic E-state index is 0.0540. The Morgan fingerprint density at radius 1 is 1.22 bits per heavy atom. The number of halogens is 1. The molecule has 0 bridgehead atoms. The quantitative estimate of drug-likeness (QED) is 0.853. The van der Waals surface area contributed by atoms with Crippen molar-refractivity contribution in [2.45, 2.75) is 18.6 Å². The zero-order valence-corrected chi connectivity index (χ0v) is 14.4. The van der Waals surface area contributed by atoms with Gasteiger partial charge in [-0.1, -0.05) is 23.7 Å². The summed E-state index contributed by atoms with van der Waals surface area (Å²) in [6, 6.07) is 7.60. The fraction of sp³-hybridized carbons (Fsp3) is 0.529. The van der Waals surface area contributed by atoms with E-state index in [2.05, 4.69) is 0 Å². The van der Waals surface area contributed by atoms with Gasteiger partial charge in [-0.25, -0.2) is 0 Å². The van der Waals surface area contributed by atoms with Gasteiger partial charge in [0.05, 0.1) is 11.7 Å². The molecule has 0 spiro atoms. The molecule has 1 saturated heterocycles. The van der Waals surface area contributed by atoms with Gasteiger partial charge in [-0.15, -0.1) is 11.8 Å². The molecular formula is C17H20ClNO3S. The van der Waals surface area contributed by atoms with Crippen LogP contribution < -0.4 is 0 Å². The van der Waals surface area contributed by atoms with Crippen molar-refractivity contribution in [3.63, 3.8) is 0 Å². The van der Waals surface area contributed by atoms with Crippen molar-refractivity contribution < 1.29 is 14.7 Å². The largest absolute Gasteiger partial charge is 0.481 e. The number of thioether (sulfide) groups is 1. The van der Waals surface area contributed by atoms with E-state index < -0.39 is 5.97 Å². The predicted molar refractivity (Wildman–Crippen MR) is 91.5 cm³/mol. The molecule has 1 amide bonds. The zero-order chi connectivity index (χ0) is 16.4. The van der Waals surface area contributed by atoms with Gasteiger partial charge in [0.15, 0.2) is 0 Å². The molecule has 1 N–H and O–H groups in total. The lowest BCUT2D eigenvalue weighted by Gasteiger charge is -2.16. The van der Waals surface area contributed by atoms with E-state index in [1.807, 2.05) is 24.3 Å². The number of likely N-dealkylation sites (tertiary alicyclic amines) is 1. The van der Waals surface area contributed by atoms with Crippen LogP contribution in [-0.2, 0) is 15.3 Å². The summed E-state index contributed by atoms with van der Waals surface area (Å²) in [7, 11) is 0. The first-order chi connectivity index (χ1) is 11.0. The van der Waals surface area contributed by atoms with Crippen LogP contribution in [0, 0.1) is 17.8 Å². The Morgan fingerprint density at radius 2 is 1.91 bits per heavy atom. The second-order valence-corrected chi connectivity index (χ2v) is 7.79. The maximum atomic E-state index is 12.3. The average molecular weight is 354 g/mol. The van der Waals surface area contributed by atoms with Crippen LogP contribution >= 0.6 is 23.4 Å². The zero-order valence-electron chi connectivity index (χ0n) is 12.8. The molecule has 2 atom stereocenters. The lowest BCUT2D eigenvalue weighted by molar-refractivity contribution is -0.142. The summed E-state index contributed by atoms with van der Waals surface area (Å²) in [6.07, 6.45) is 2.23. The van der Waals surface area contributed by atoms with Crippen LogP contribution in [0.15, 0.2) is 24.3 Å². The van der Waals surface area contributed by atoms with E-state index in [1.165, 1.54) is 0 Å². The van der Waals surface area contributed by atoms with Crippen molar-refractivity contribution in [1.82, 2.24) is 4.90 Å². The fourth-order valence-electron chi connectivity index (χ4n) is 3.22. The topological polar surface area (TPSA) is 57.6 Å². The molecule has 124 valence electrons. The first-order valence-corrected chi connectivity index (χ1v) is 9.40. The minimum Gasteiger partial charge on any atom is -0.481 e. The van der Waals surface area contributed by atoms with Crippen molar-refractivity contribution in [2.24, 2.45) is 17.8 Å². The average Bonchev–Trinajstić information content (AvgIpc) is 3.27. The summed E-state index contributed by atoms with van der Waals surface area (Å²) < 4.78 is 0. The molecule has 4 nitrogen and oxygen atoms in total. The standard InChI is InChI=1S/C17H20ClNO3S/c18-13-5-1-11(2-6-13)9-23-10-16(20)19-7-14(12-3-4-12)15(8-19)17(21)22/h1-2,5-6,12,14-15H,3-4,7-10H2,(H,21,22)/t14-,15+/m1/s1. The third-order valence-electron chi connectivity index (χ3n) is 4.67. The van der Waals surface area contributed by atoms with E-state index in [1.54, 1.807) is 16.7 Å². The monoisotopic (exact) mass is 353 g/mol. The molecule has 1 heterocycles. The molecule has 1 aromatic carbocycles. The smallest absolute Gasteiger partial charge is 0.308 e. The highest BCUT2D eigenvalue weighted by molar-refractivity contribution is 7.99. The number of carbonyl (C=O) groups excluding carboxylic acids is 1. The number of carboxylic acids is 1. The van der Waals surface area contributed by atoms with Crippen LogP contribution in [0.4, 0.5) is 0 Å². The van der Waals surface area contributed by atoms with E-state index in [-0.39, 0.29) is 17.7 Å². The molecule has 0 unspecified atom stereocenters. The lowest BCUT2D eigenvalue weighted by atomic mass is 9.92. The van der Waals surface area contributed by atoms with Crippen LogP contribution in [0.25, 0.3) is 0 Å². The van der Waals surface area contributed by atoms with Crippen LogP contribution in [0.2, 0.25) is 5.02 Å². The molecule has 6 heteroatoms. The summed E-state index contributed by atoms with van der Waals surface area (Å²) >= 11 is 7.41. The summed E-state index contributed by atoms with van der Waals surface area (Å²) in [5, 5.41) is 10.1. The summed E-state index contributed by atoms with van der Waals surface area (Å²) in [6.45, 7) is 0.985. The third kappa shape index (κ3) is 4.21. The van der Waals surface area contributed by atoms with Gasteiger partial charge in [-0.3, -0.25) is 9.59 Å². The maximum absolute atomic E-state index is 12.3. The number of carbonyl (C=O) groups is 2. The van der Waals surface area contributed by atoms with E-state index in [0.717, 1.165) is 24.2 Å². The molecule has 3 rings (SSSR count). The number of carboxylic acid groups (broad SMARTS) is 1. The van der Waals surface area contributed by atoms with Crippen molar-refractivity contribution in [2.75, 3.05) is 18.8 Å². The first-order valence-electron chi connectivity index (χ1n) is 7.87. The van der Waals surface area contributed by atoms with Crippen molar-refractivity contribution >= 4 is 35.2 Å². The van der Waals surface area contributed by atoms with Crippen molar-refractivity contribution in [3.05, 3.63) is 34.9 Å². The van der Waals surface area contributed by atoms with Crippen molar-refractivity contribution in [3.8, 4) is 0 Å². The molecule has 1 aliphatic heterocycles. The van der Waals surface area contributed by atoms with E-state index in [9.17, 15) is 14.7 Å². The maximum Gasteiger partial charge on any atom is 0.308 e. The van der Waals surface area contributed by atoms with Gasteiger partial charge < -0.3 is 10.0 Å². The summed E-state index contributed by atoms with van der Waals surface area (Å²) in [5.41, 5.74) is 1.13. The van der Waals surface area contributed by atoms with Gasteiger partial charge >= 0.3 is 5.97 Å². The Morgan fingerprint density at radius 3 is 2.52 bits per heavy atom. The number of amides is 1. The van der Waals surface area contributed by atoms with Crippen LogP contribution in [0.5, 0.6) is 0 Å². The third-order valence-corrected chi connectivity index (χ3v) is 5.91. The highest BCUT2D eigenvalue weighted by Crippen LogP contribution is 2.44. The Hall–Kier alpha value is -1.20. The molecule has 1 aliphatic carbocycles. The van der Waals surface area contributed by atoms with Gasteiger partial charge in [-0.2, -0.15) is 0 Å². The number of nitrogens with zero attached hydrogens (tertiary/aromatic N) is 1. The molecule has 1 aromatic rings. The molecule has 2 fully saturated rings. The SMILES string of the molecule is O=C(O)[C@H]1CN(C(=O)CSCc2ccc(Cl)cc2)C[C@@H]1C1CC1. The van der Waals surface area contributed by atoms with E-state index in [0.29, 0.717) is 29.8 Å². The highest BCUT2D eigenvalue weighted by atomic mass is 35.5. The minimum atomic E-state index is -0.758. The normalized spacial score (nSPS) is 24.0. The number of rotatable bonds is 6. The van der Waals surface area contributed by atoms with Gasteiger partial charge in [0.2, 0.25) is 5.91 Å². The number of aliphatic carboxylic acids is 1. The number of hydrogen-bond donors (Lipinski definition) is 1. The Labute approximate surface area is 145 Å². The van der Waals surface area contributed by atoms with Gasteiger partial charge in [0.1, 0.15) is 0 Å². The van der Waals surface area contributed by atoms with Crippen LogP contribution in [0.1, 0.15) is 18.4 Å².